The lowest BCUT2D eigenvalue weighted by Gasteiger charge is -2.12. The highest BCUT2D eigenvalue weighted by atomic mass is 79.9. The van der Waals surface area contributed by atoms with Crippen LogP contribution in [0.4, 0.5) is 0 Å². The highest BCUT2D eigenvalue weighted by Gasteiger charge is 2.09. The van der Waals surface area contributed by atoms with E-state index in [0.717, 1.165) is 10.0 Å². The Labute approximate surface area is 117 Å². The third-order valence-corrected chi connectivity index (χ3v) is 2.68. The summed E-state index contributed by atoms with van der Waals surface area (Å²) in [5.41, 5.74) is 0.748. The maximum atomic E-state index is 9.68. The van der Waals surface area contributed by atoms with Crippen molar-refractivity contribution < 1.29 is 9.84 Å². The average Bonchev–Trinajstić information content (AvgIpc) is 2.24. The van der Waals surface area contributed by atoms with Crippen molar-refractivity contribution in [2.75, 3.05) is 6.61 Å². The van der Waals surface area contributed by atoms with Crippen LogP contribution < -0.4 is 4.74 Å². The fourth-order valence-corrected chi connectivity index (χ4v) is 1.77. The SMILES string of the molecule is C[C@H](O)c1cc(Br)ccc1OCC#CC(C)(C)C. The van der Waals surface area contributed by atoms with Gasteiger partial charge in [0, 0.05) is 15.5 Å². The first-order valence-electron chi connectivity index (χ1n) is 5.90. The maximum absolute atomic E-state index is 9.68. The standard InChI is InChI=1S/C15H19BrO2/c1-11(17)13-10-12(16)6-7-14(13)18-9-5-8-15(2,3)4/h6-7,10-11,17H,9H2,1-4H3/t11-/m0/s1. The minimum atomic E-state index is -0.562. The molecule has 0 heterocycles. The van der Waals surface area contributed by atoms with Crippen molar-refractivity contribution in [2.24, 2.45) is 5.41 Å². The molecule has 0 amide bonds. The lowest BCUT2D eigenvalue weighted by molar-refractivity contribution is 0.193. The Kier molecular flexibility index (Phi) is 5.25. The third-order valence-electron chi connectivity index (χ3n) is 2.19. The van der Waals surface area contributed by atoms with E-state index in [1.165, 1.54) is 0 Å². The molecule has 1 rings (SSSR count). The highest BCUT2D eigenvalue weighted by molar-refractivity contribution is 9.10. The molecule has 0 aliphatic carbocycles. The lowest BCUT2D eigenvalue weighted by atomic mass is 9.98. The van der Waals surface area contributed by atoms with Gasteiger partial charge in [0.1, 0.15) is 12.4 Å². The molecule has 0 spiro atoms. The summed E-state index contributed by atoms with van der Waals surface area (Å²) >= 11 is 3.38. The number of ether oxygens (including phenoxy) is 1. The van der Waals surface area contributed by atoms with E-state index in [1.54, 1.807) is 6.92 Å². The summed E-state index contributed by atoms with van der Waals surface area (Å²) in [5.74, 6) is 6.77. The largest absolute Gasteiger partial charge is 0.481 e. The maximum Gasteiger partial charge on any atom is 0.149 e. The Bertz CT molecular complexity index is 462. The Balaban J connectivity index is 2.75. The smallest absolute Gasteiger partial charge is 0.149 e. The molecule has 0 radical (unpaired) electrons. The Morgan fingerprint density at radius 2 is 2.06 bits per heavy atom. The minimum Gasteiger partial charge on any atom is -0.481 e. The summed E-state index contributed by atoms with van der Waals surface area (Å²) in [4.78, 5) is 0. The van der Waals surface area contributed by atoms with Gasteiger partial charge < -0.3 is 9.84 Å². The average molecular weight is 311 g/mol. The van der Waals surface area contributed by atoms with Gasteiger partial charge in [0.2, 0.25) is 0 Å². The van der Waals surface area contributed by atoms with Crippen molar-refractivity contribution in [2.45, 2.75) is 33.8 Å². The van der Waals surface area contributed by atoms with Gasteiger partial charge in [-0.25, -0.2) is 0 Å². The molecule has 0 saturated carbocycles. The summed E-state index contributed by atoms with van der Waals surface area (Å²) in [6, 6.07) is 5.58. The number of hydrogen-bond acceptors (Lipinski definition) is 2. The Morgan fingerprint density at radius 1 is 1.39 bits per heavy atom. The quantitative estimate of drug-likeness (QED) is 0.857. The third kappa shape index (κ3) is 5.12. The number of aliphatic hydroxyl groups is 1. The number of aliphatic hydroxyl groups excluding tert-OH is 1. The van der Waals surface area contributed by atoms with Gasteiger partial charge in [-0.2, -0.15) is 0 Å². The van der Waals surface area contributed by atoms with E-state index in [-0.39, 0.29) is 5.41 Å². The first-order chi connectivity index (χ1) is 8.29. The molecule has 0 aliphatic rings. The van der Waals surface area contributed by atoms with E-state index in [9.17, 15) is 5.11 Å². The van der Waals surface area contributed by atoms with Crippen LogP contribution in [0, 0.1) is 17.3 Å². The van der Waals surface area contributed by atoms with Crippen molar-refractivity contribution >= 4 is 15.9 Å². The summed E-state index contributed by atoms with van der Waals surface area (Å²) in [7, 11) is 0. The zero-order valence-electron chi connectivity index (χ0n) is 11.2. The predicted molar refractivity (Wildman–Crippen MR) is 77.5 cm³/mol. The minimum absolute atomic E-state index is 0.0177. The van der Waals surface area contributed by atoms with Gasteiger partial charge in [-0.05, 0) is 45.9 Å². The fraction of sp³-hybridized carbons (Fsp3) is 0.467. The van der Waals surface area contributed by atoms with Gasteiger partial charge in [0.25, 0.3) is 0 Å². The normalized spacial score (nSPS) is 12.6. The van der Waals surface area contributed by atoms with Crippen molar-refractivity contribution in [3.8, 4) is 17.6 Å². The molecule has 1 atom stereocenters. The molecule has 18 heavy (non-hydrogen) atoms. The molecule has 0 aliphatic heterocycles. The zero-order valence-corrected chi connectivity index (χ0v) is 12.8. The van der Waals surface area contributed by atoms with Gasteiger partial charge in [-0.1, -0.05) is 27.8 Å². The highest BCUT2D eigenvalue weighted by Crippen LogP contribution is 2.28. The van der Waals surface area contributed by atoms with E-state index < -0.39 is 6.10 Å². The molecule has 98 valence electrons. The first kappa shape index (κ1) is 15.1. The Morgan fingerprint density at radius 3 is 2.61 bits per heavy atom. The van der Waals surface area contributed by atoms with E-state index in [0.29, 0.717) is 12.4 Å². The van der Waals surface area contributed by atoms with Crippen LogP contribution in [0.5, 0.6) is 5.75 Å². The van der Waals surface area contributed by atoms with E-state index >= 15 is 0 Å². The zero-order chi connectivity index (χ0) is 13.8. The Hall–Kier alpha value is -0.980. The monoisotopic (exact) mass is 310 g/mol. The first-order valence-corrected chi connectivity index (χ1v) is 6.69. The molecule has 2 nitrogen and oxygen atoms in total. The fourth-order valence-electron chi connectivity index (χ4n) is 1.39. The van der Waals surface area contributed by atoms with Crippen LogP contribution >= 0.6 is 15.9 Å². The van der Waals surface area contributed by atoms with Crippen LogP contribution in [-0.2, 0) is 0 Å². The molecule has 0 aromatic heterocycles. The second kappa shape index (κ2) is 6.26. The summed E-state index contributed by atoms with van der Waals surface area (Å²) in [6.07, 6.45) is -0.562. The molecule has 1 aromatic carbocycles. The predicted octanol–water partition coefficient (Wildman–Crippen LogP) is 3.93. The van der Waals surface area contributed by atoms with E-state index in [1.807, 2.05) is 18.2 Å². The van der Waals surface area contributed by atoms with Gasteiger partial charge in [0.15, 0.2) is 0 Å². The lowest BCUT2D eigenvalue weighted by Crippen LogP contribution is -2.03. The second-order valence-corrected chi connectivity index (χ2v) is 6.11. The molecule has 1 N–H and O–H groups in total. The van der Waals surface area contributed by atoms with Gasteiger partial charge in [-0.15, -0.1) is 0 Å². The molecule has 1 aromatic rings. The number of rotatable bonds is 3. The molecule has 0 saturated heterocycles. The van der Waals surface area contributed by atoms with Gasteiger partial charge >= 0.3 is 0 Å². The van der Waals surface area contributed by atoms with Crippen LogP contribution in [0.25, 0.3) is 0 Å². The second-order valence-electron chi connectivity index (χ2n) is 5.20. The molecule has 0 unspecified atom stereocenters. The van der Waals surface area contributed by atoms with Crippen LogP contribution in [0.15, 0.2) is 22.7 Å². The van der Waals surface area contributed by atoms with E-state index in [4.69, 9.17) is 4.74 Å². The van der Waals surface area contributed by atoms with Crippen molar-refractivity contribution in [1.29, 1.82) is 0 Å². The summed E-state index contributed by atoms with van der Waals surface area (Å²) in [6.45, 7) is 8.22. The van der Waals surface area contributed by atoms with Crippen molar-refractivity contribution in [3.63, 3.8) is 0 Å². The molecule has 0 bridgehead atoms. The molecular weight excluding hydrogens is 292 g/mol. The topological polar surface area (TPSA) is 29.5 Å². The van der Waals surface area contributed by atoms with Crippen LogP contribution in [0.2, 0.25) is 0 Å². The van der Waals surface area contributed by atoms with Crippen molar-refractivity contribution in [1.82, 2.24) is 0 Å². The van der Waals surface area contributed by atoms with Crippen LogP contribution in [0.1, 0.15) is 39.4 Å². The summed E-state index contributed by atoms with van der Waals surface area (Å²) < 4.78 is 6.52. The molecular formula is C15H19BrO2. The summed E-state index contributed by atoms with van der Waals surface area (Å²) in [5, 5.41) is 9.68. The van der Waals surface area contributed by atoms with Gasteiger partial charge in [0.05, 0.1) is 6.10 Å². The van der Waals surface area contributed by atoms with Gasteiger partial charge in [-0.3, -0.25) is 0 Å². The van der Waals surface area contributed by atoms with Crippen LogP contribution in [-0.4, -0.2) is 11.7 Å². The van der Waals surface area contributed by atoms with Crippen molar-refractivity contribution in [3.05, 3.63) is 28.2 Å². The molecule has 0 fully saturated rings. The number of halogens is 1. The molecule has 3 heteroatoms. The van der Waals surface area contributed by atoms with Crippen LogP contribution in [0.3, 0.4) is 0 Å². The number of benzene rings is 1. The van der Waals surface area contributed by atoms with E-state index in [2.05, 4.69) is 48.5 Å². The number of hydrogen-bond donors (Lipinski definition) is 1.